The fourth-order valence-electron chi connectivity index (χ4n) is 1.70. The van der Waals surface area contributed by atoms with Gasteiger partial charge in [-0.25, -0.2) is 0 Å². The second kappa shape index (κ2) is 6.91. The van der Waals surface area contributed by atoms with Crippen LogP contribution in [0.25, 0.3) is 0 Å². The van der Waals surface area contributed by atoms with Gasteiger partial charge in [-0.05, 0) is 59.0 Å². The maximum atomic E-state index is 12.4. The number of anilines is 1. The highest BCUT2D eigenvalue weighted by Gasteiger charge is 2.14. The standard InChI is InChI=1S/C14H9Cl2IN2OS/c15-7-2-4-11(17)10(5-7)14(20)19-12-6-8(16)1-3-9(12)13(18)21/h1-6H,(H2,18,21)(H,19,20). The minimum Gasteiger partial charge on any atom is -0.389 e. The summed E-state index contributed by atoms with van der Waals surface area (Å²) in [5.74, 6) is -0.304. The minimum absolute atomic E-state index is 0.183. The van der Waals surface area contributed by atoms with Crippen molar-refractivity contribution in [3.63, 3.8) is 0 Å². The number of carbonyl (C=O) groups is 1. The lowest BCUT2D eigenvalue weighted by atomic mass is 10.1. The molecule has 1 amide bonds. The quantitative estimate of drug-likeness (QED) is 0.535. The molecule has 0 saturated carbocycles. The van der Waals surface area contributed by atoms with Crippen LogP contribution in [0.4, 0.5) is 5.69 Å². The van der Waals surface area contributed by atoms with Gasteiger partial charge in [0.15, 0.2) is 0 Å². The number of nitrogens with two attached hydrogens (primary N) is 1. The van der Waals surface area contributed by atoms with E-state index >= 15 is 0 Å². The summed E-state index contributed by atoms with van der Waals surface area (Å²) in [7, 11) is 0. The molecule has 3 N–H and O–H groups in total. The molecule has 21 heavy (non-hydrogen) atoms. The smallest absolute Gasteiger partial charge is 0.256 e. The van der Waals surface area contributed by atoms with Gasteiger partial charge in [-0.15, -0.1) is 0 Å². The van der Waals surface area contributed by atoms with Crippen LogP contribution in [0.3, 0.4) is 0 Å². The van der Waals surface area contributed by atoms with Crippen molar-refractivity contribution in [3.8, 4) is 0 Å². The van der Waals surface area contributed by atoms with Crippen LogP contribution in [0.1, 0.15) is 15.9 Å². The van der Waals surface area contributed by atoms with Crippen molar-refractivity contribution in [2.24, 2.45) is 5.73 Å². The first kappa shape index (κ1) is 16.5. The molecule has 0 unspecified atom stereocenters. The molecule has 0 aromatic heterocycles. The highest BCUT2D eigenvalue weighted by atomic mass is 127. The van der Waals surface area contributed by atoms with Gasteiger partial charge in [-0.2, -0.15) is 0 Å². The van der Waals surface area contributed by atoms with Crippen molar-refractivity contribution < 1.29 is 4.79 Å². The molecule has 0 aliphatic rings. The van der Waals surface area contributed by atoms with E-state index in [2.05, 4.69) is 27.9 Å². The fourth-order valence-corrected chi connectivity index (χ4v) is 2.80. The monoisotopic (exact) mass is 450 g/mol. The van der Waals surface area contributed by atoms with Crippen molar-refractivity contribution in [2.45, 2.75) is 0 Å². The molecule has 0 fully saturated rings. The lowest BCUT2D eigenvalue weighted by molar-refractivity contribution is 0.102. The molecule has 3 nitrogen and oxygen atoms in total. The predicted octanol–water partition coefficient (Wildman–Crippen LogP) is 4.48. The minimum atomic E-state index is -0.304. The van der Waals surface area contributed by atoms with Crippen molar-refractivity contribution in [2.75, 3.05) is 5.32 Å². The molecule has 0 saturated heterocycles. The van der Waals surface area contributed by atoms with Gasteiger partial charge in [-0.1, -0.05) is 35.4 Å². The molecule has 0 heterocycles. The molecule has 7 heteroatoms. The zero-order valence-electron chi connectivity index (χ0n) is 10.5. The number of hydrogen-bond acceptors (Lipinski definition) is 2. The summed E-state index contributed by atoms with van der Waals surface area (Å²) in [6.45, 7) is 0. The van der Waals surface area contributed by atoms with Crippen LogP contribution in [-0.2, 0) is 0 Å². The van der Waals surface area contributed by atoms with Crippen LogP contribution in [0.5, 0.6) is 0 Å². The predicted molar refractivity (Wildman–Crippen MR) is 99.5 cm³/mol. The SMILES string of the molecule is NC(=S)c1ccc(Cl)cc1NC(=O)c1cc(Cl)ccc1I. The Labute approximate surface area is 150 Å². The Morgan fingerprint density at radius 1 is 1.10 bits per heavy atom. The van der Waals surface area contributed by atoms with E-state index in [1.165, 1.54) is 0 Å². The summed E-state index contributed by atoms with van der Waals surface area (Å²) < 4.78 is 0.786. The summed E-state index contributed by atoms with van der Waals surface area (Å²) in [4.78, 5) is 12.6. The molecule has 0 aliphatic heterocycles. The van der Waals surface area contributed by atoms with Crippen molar-refractivity contribution in [3.05, 3.63) is 61.1 Å². The van der Waals surface area contributed by atoms with E-state index in [1.54, 1.807) is 36.4 Å². The number of amides is 1. The van der Waals surface area contributed by atoms with Gasteiger partial charge in [0, 0.05) is 19.2 Å². The molecular weight excluding hydrogens is 442 g/mol. The summed E-state index contributed by atoms with van der Waals surface area (Å²) in [6, 6.07) is 10.0. The highest BCUT2D eigenvalue weighted by molar-refractivity contribution is 14.1. The van der Waals surface area contributed by atoms with Gasteiger partial charge >= 0.3 is 0 Å². The fraction of sp³-hybridized carbons (Fsp3) is 0. The summed E-state index contributed by atoms with van der Waals surface area (Å²) in [5, 5.41) is 3.73. The summed E-state index contributed by atoms with van der Waals surface area (Å²) >= 11 is 18.9. The second-order valence-electron chi connectivity index (χ2n) is 4.13. The maximum absolute atomic E-state index is 12.4. The lowest BCUT2D eigenvalue weighted by Gasteiger charge is -2.11. The van der Waals surface area contributed by atoms with Crippen molar-refractivity contribution in [1.29, 1.82) is 0 Å². The Kier molecular flexibility index (Phi) is 5.43. The van der Waals surface area contributed by atoms with Crippen LogP contribution in [-0.4, -0.2) is 10.9 Å². The first-order chi connectivity index (χ1) is 9.88. The van der Waals surface area contributed by atoms with Crippen molar-refractivity contribution >= 4 is 74.6 Å². The zero-order chi connectivity index (χ0) is 15.6. The number of halogens is 3. The normalized spacial score (nSPS) is 10.2. The summed E-state index contributed by atoms with van der Waals surface area (Å²) in [6.07, 6.45) is 0. The van der Waals surface area contributed by atoms with E-state index in [4.69, 9.17) is 41.2 Å². The van der Waals surface area contributed by atoms with E-state index in [-0.39, 0.29) is 10.9 Å². The van der Waals surface area contributed by atoms with Gasteiger partial charge in [0.25, 0.3) is 5.91 Å². The van der Waals surface area contributed by atoms with Gasteiger partial charge < -0.3 is 11.1 Å². The molecular formula is C14H9Cl2IN2OS. The average molecular weight is 451 g/mol. The first-order valence-corrected chi connectivity index (χ1v) is 7.98. The van der Waals surface area contributed by atoms with E-state index in [0.717, 1.165) is 3.57 Å². The van der Waals surface area contributed by atoms with Gasteiger partial charge in [0.2, 0.25) is 0 Å². The molecule has 0 radical (unpaired) electrons. The van der Waals surface area contributed by atoms with Crippen LogP contribution in [0.15, 0.2) is 36.4 Å². The van der Waals surface area contributed by atoms with Gasteiger partial charge in [0.05, 0.1) is 11.3 Å². The Bertz CT molecular complexity index is 737. The Morgan fingerprint density at radius 3 is 2.38 bits per heavy atom. The molecule has 0 atom stereocenters. The van der Waals surface area contributed by atoms with Gasteiger partial charge in [-0.3, -0.25) is 4.79 Å². The third-order valence-electron chi connectivity index (χ3n) is 2.67. The Balaban J connectivity index is 2.38. The Morgan fingerprint density at radius 2 is 1.71 bits per heavy atom. The lowest BCUT2D eigenvalue weighted by Crippen LogP contribution is -2.18. The number of carbonyl (C=O) groups excluding carboxylic acids is 1. The third kappa shape index (κ3) is 4.06. The van der Waals surface area contributed by atoms with Crippen LogP contribution < -0.4 is 11.1 Å². The Hall–Kier alpha value is -0.890. The molecule has 0 aliphatic carbocycles. The third-order valence-corrected chi connectivity index (χ3v) is 4.30. The molecule has 0 bridgehead atoms. The van der Waals surface area contributed by atoms with E-state index in [9.17, 15) is 4.79 Å². The molecule has 2 rings (SSSR count). The van der Waals surface area contributed by atoms with E-state index in [1.807, 2.05) is 0 Å². The number of nitrogens with one attached hydrogen (secondary N) is 1. The first-order valence-electron chi connectivity index (χ1n) is 5.74. The second-order valence-corrected chi connectivity index (χ2v) is 6.61. The number of rotatable bonds is 3. The number of thiocarbonyl (C=S) groups is 1. The molecule has 2 aromatic carbocycles. The van der Waals surface area contributed by atoms with E-state index < -0.39 is 0 Å². The van der Waals surface area contributed by atoms with Crippen molar-refractivity contribution in [1.82, 2.24) is 0 Å². The number of benzene rings is 2. The van der Waals surface area contributed by atoms with Crippen LogP contribution in [0, 0.1) is 3.57 Å². The number of hydrogen-bond donors (Lipinski definition) is 2. The van der Waals surface area contributed by atoms with Crippen LogP contribution in [0.2, 0.25) is 10.0 Å². The molecule has 2 aromatic rings. The highest BCUT2D eigenvalue weighted by Crippen LogP contribution is 2.24. The average Bonchev–Trinajstić information content (AvgIpc) is 2.41. The summed E-state index contributed by atoms with van der Waals surface area (Å²) in [5.41, 5.74) is 7.14. The zero-order valence-corrected chi connectivity index (χ0v) is 15.0. The van der Waals surface area contributed by atoms with Crippen LogP contribution >= 0.6 is 58.0 Å². The maximum Gasteiger partial charge on any atom is 0.256 e. The topological polar surface area (TPSA) is 55.1 Å². The van der Waals surface area contributed by atoms with Gasteiger partial charge in [0.1, 0.15) is 4.99 Å². The van der Waals surface area contributed by atoms with E-state index in [0.29, 0.717) is 26.9 Å². The molecule has 108 valence electrons. The largest absolute Gasteiger partial charge is 0.389 e. The molecule has 0 spiro atoms.